The van der Waals surface area contributed by atoms with Crippen molar-refractivity contribution in [2.75, 3.05) is 5.73 Å². The summed E-state index contributed by atoms with van der Waals surface area (Å²) in [4.78, 5) is 23.9. The topological polar surface area (TPSA) is 89.6 Å². The van der Waals surface area contributed by atoms with Crippen molar-refractivity contribution in [3.05, 3.63) is 16.7 Å². The average Bonchev–Trinajstić information content (AvgIpc) is 2.90. The molecular formula is C16H22ClN5O. The van der Waals surface area contributed by atoms with Crippen molar-refractivity contribution < 1.29 is 0 Å². The number of anilines is 1. The van der Waals surface area contributed by atoms with Gasteiger partial charge in [-0.15, -0.1) is 12.4 Å². The van der Waals surface area contributed by atoms with Gasteiger partial charge in [0.05, 0.1) is 6.33 Å². The van der Waals surface area contributed by atoms with Crippen LogP contribution in [0.3, 0.4) is 0 Å². The number of aromatic nitrogens is 4. The van der Waals surface area contributed by atoms with Gasteiger partial charge in [-0.1, -0.05) is 0 Å². The van der Waals surface area contributed by atoms with Crippen LogP contribution in [0.4, 0.5) is 5.95 Å². The fourth-order valence-electron chi connectivity index (χ4n) is 5.91. The molecule has 0 atom stereocenters. The lowest BCUT2D eigenvalue weighted by atomic mass is 9.49. The molecule has 6 nitrogen and oxygen atoms in total. The van der Waals surface area contributed by atoms with Crippen molar-refractivity contribution in [1.82, 2.24) is 19.5 Å². The number of halogens is 1. The molecule has 4 aliphatic rings. The molecule has 4 fully saturated rings. The third-order valence-corrected chi connectivity index (χ3v) is 6.23. The third-order valence-electron chi connectivity index (χ3n) is 6.23. The summed E-state index contributed by atoms with van der Waals surface area (Å²) >= 11 is 0. The van der Waals surface area contributed by atoms with Crippen LogP contribution in [0, 0.1) is 23.2 Å². The zero-order chi connectivity index (χ0) is 14.9. The summed E-state index contributed by atoms with van der Waals surface area (Å²) in [5.41, 5.74) is 7.16. The van der Waals surface area contributed by atoms with Gasteiger partial charge in [-0.3, -0.25) is 9.36 Å². The maximum atomic E-state index is 12.7. The fraction of sp³-hybridized carbons (Fsp3) is 0.688. The largest absolute Gasteiger partial charge is 0.369 e. The van der Waals surface area contributed by atoms with Gasteiger partial charge in [-0.2, -0.15) is 4.98 Å². The van der Waals surface area contributed by atoms with Crippen molar-refractivity contribution in [1.29, 1.82) is 0 Å². The Morgan fingerprint density at radius 3 is 2.43 bits per heavy atom. The van der Waals surface area contributed by atoms with Gasteiger partial charge in [0.2, 0.25) is 5.95 Å². The number of aromatic amines is 1. The van der Waals surface area contributed by atoms with E-state index in [0.29, 0.717) is 17.1 Å². The Hall–Kier alpha value is -1.56. The zero-order valence-corrected chi connectivity index (χ0v) is 13.8. The summed E-state index contributed by atoms with van der Waals surface area (Å²) < 4.78 is 1.69. The van der Waals surface area contributed by atoms with Crippen molar-refractivity contribution in [3.63, 3.8) is 0 Å². The summed E-state index contributed by atoms with van der Waals surface area (Å²) in [6, 6.07) is 0. The van der Waals surface area contributed by atoms with E-state index >= 15 is 0 Å². The van der Waals surface area contributed by atoms with Gasteiger partial charge in [0, 0.05) is 6.54 Å². The summed E-state index contributed by atoms with van der Waals surface area (Å²) in [5.74, 6) is 2.91. The Morgan fingerprint density at radius 1 is 1.22 bits per heavy atom. The second kappa shape index (κ2) is 4.97. The molecule has 0 aromatic carbocycles. The first-order valence-electron chi connectivity index (χ1n) is 8.31. The molecule has 124 valence electrons. The second-order valence-electron chi connectivity index (χ2n) is 7.88. The molecule has 2 aromatic heterocycles. The lowest BCUT2D eigenvalue weighted by Crippen LogP contribution is -2.49. The van der Waals surface area contributed by atoms with Crippen LogP contribution in [0.1, 0.15) is 38.5 Å². The monoisotopic (exact) mass is 335 g/mol. The molecule has 0 radical (unpaired) electrons. The molecule has 4 aliphatic carbocycles. The van der Waals surface area contributed by atoms with Crippen LogP contribution >= 0.6 is 12.4 Å². The smallest absolute Gasteiger partial charge is 0.280 e. The van der Waals surface area contributed by atoms with Gasteiger partial charge >= 0.3 is 0 Å². The first-order valence-corrected chi connectivity index (χ1v) is 8.31. The number of H-pyrrole nitrogens is 1. The van der Waals surface area contributed by atoms with E-state index in [2.05, 4.69) is 15.0 Å². The maximum Gasteiger partial charge on any atom is 0.280 e. The van der Waals surface area contributed by atoms with Crippen molar-refractivity contribution in [3.8, 4) is 0 Å². The predicted octanol–water partition coefficient (Wildman–Crippen LogP) is 2.34. The second-order valence-corrected chi connectivity index (χ2v) is 7.88. The number of nitrogens with one attached hydrogen (secondary N) is 1. The number of imidazole rings is 1. The van der Waals surface area contributed by atoms with Crippen molar-refractivity contribution >= 4 is 29.5 Å². The molecule has 23 heavy (non-hydrogen) atoms. The van der Waals surface area contributed by atoms with Crippen LogP contribution in [0.5, 0.6) is 0 Å². The van der Waals surface area contributed by atoms with Crippen LogP contribution in [-0.4, -0.2) is 19.5 Å². The van der Waals surface area contributed by atoms with Crippen LogP contribution in [0.25, 0.3) is 11.2 Å². The summed E-state index contributed by atoms with van der Waals surface area (Å²) in [6.07, 6.45) is 9.49. The van der Waals surface area contributed by atoms with Gasteiger partial charge < -0.3 is 10.7 Å². The van der Waals surface area contributed by atoms with Crippen molar-refractivity contribution in [2.24, 2.45) is 23.2 Å². The lowest BCUT2D eigenvalue weighted by molar-refractivity contribution is -0.0620. The molecule has 0 amide bonds. The zero-order valence-electron chi connectivity index (χ0n) is 13.0. The summed E-state index contributed by atoms with van der Waals surface area (Å²) in [5, 5.41) is 0. The molecule has 2 aromatic rings. The van der Waals surface area contributed by atoms with Crippen LogP contribution in [0.2, 0.25) is 0 Å². The summed E-state index contributed by atoms with van der Waals surface area (Å²) in [7, 11) is 0. The van der Waals surface area contributed by atoms with Gasteiger partial charge in [0.25, 0.3) is 5.56 Å². The lowest BCUT2D eigenvalue weighted by Gasteiger charge is -2.57. The standard InChI is InChI=1S/C16H21N5O.ClH/c17-15-20-13-12(18-8-19-13)14(22)21(15)7-16-4-9-1-10(5-16)3-11(2-9)6-16;/h8-11H,1-7H2,(H2,17,20)(H,18,19);1H. The van der Waals surface area contributed by atoms with Crippen LogP contribution < -0.4 is 11.3 Å². The number of hydrogen-bond donors (Lipinski definition) is 2. The molecule has 0 spiro atoms. The molecule has 4 saturated carbocycles. The Bertz CT molecular complexity index is 775. The van der Waals surface area contributed by atoms with E-state index in [1.165, 1.54) is 44.9 Å². The Labute approximate surface area is 140 Å². The first kappa shape index (κ1) is 15.0. The van der Waals surface area contributed by atoms with E-state index in [1.54, 1.807) is 4.57 Å². The third kappa shape index (κ3) is 2.18. The molecule has 0 saturated heterocycles. The number of fused-ring (bicyclic) bond motifs is 1. The molecule has 0 unspecified atom stereocenters. The average molecular weight is 336 g/mol. The maximum absolute atomic E-state index is 12.7. The van der Waals surface area contributed by atoms with Gasteiger partial charge in [0.1, 0.15) is 0 Å². The van der Waals surface area contributed by atoms with Gasteiger partial charge in [-0.05, 0) is 61.7 Å². The van der Waals surface area contributed by atoms with Gasteiger partial charge in [-0.25, -0.2) is 4.98 Å². The van der Waals surface area contributed by atoms with Crippen LogP contribution in [-0.2, 0) is 6.54 Å². The van der Waals surface area contributed by atoms with E-state index < -0.39 is 0 Å². The Kier molecular flexibility index (Phi) is 3.24. The Balaban J connectivity index is 0.00000135. The molecule has 3 N–H and O–H groups in total. The minimum atomic E-state index is -0.0734. The van der Waals surface area contributed by atoms with E-state index in [4.69, 9.17) is 5.73 Å². The number of nitrogen functional groups attached to an aromatic ring is 1. The van der Waals surface area contributed by atoms with Gasteiger partial charge in [0.15, 0.2) is 11.2 Å². The predicted molar refractivity (Wildman–Crippen MR) is 90.4 cm³/mol. The van der Waals surface area contributed by atoms with Crippen LogP contribution in [0.15, 0.2) is 11.1 Å². The quantitative estimate of drug-likeness (QED) is 0.881. The molecule has 7 heteroatoms. The molecule has 2 heterocycles. The van der Waals surface area contributed by atoms with E-state index in [0.717, 1.165) is 24.3 Å². The normalized spacial score (nSPS) is 34.7. The van der Waals surface area contributed by atoms with Crippen molar-refractivity contribution in [2.45, 2.75) is 45.1 Å². The van der Waals surface area contributed by atoms with E-state index in [1.807, 2.05) is 0 Å². The number of nitrogens with two attached hydrogens (primary N) is 1. The number of nitrogens with zero attached hydrogens (tertiary/aromatic N) is 3. The summed E-state index contributed by atoms with van der Waals surface area (Å²) in [6.45, 7) is 0.725. The highest BCUT2D eigenvalue weighted by atomic mass is 35.5. The molecular weight excluding hydrogens is 314 g/mol. The molecule has 0 aliphatic heterocycles. The highest BCUT2D eigenvalue weighted by Gasteiger charge is 2.51. The van der Waals surface area contributed by atoms with E-state index in [-0.39, 0.29) is 23.4 Å². The first-order chi connectivity index (χ1) is 10.6. The molecule has 4 bridgehead atoms. The minimum absolute atomic E-state index is 0. The number of hydrogen-bond acceptors (Lipinski definition) is 4. The Morgan fingerprint density at radius 2 is 1.83 bits per heavy atom. The minimum Gasteiger partial charge on any atom is -0.369 e. The molecule has 6 rings (SSSR count). The fourth-order valence-corrected chi connectivity index (χ4v) is 5.91. The highest BCUT2D eigenvalue weighted by molar-refractivity contribution is 5.85. The SMILES string of the molecule is Cl.Nc1nc2nc[nH]c2c(=O)n1CC12CC3CC(CC(C3)C1)C2. The number of rotatable bonds is 2. The van der Waals surface area contributed by atoms with E-state index in [9.17, 15) is 4.79 Å². The highest BCUT2D eigenvalue weighted by Crippen LogP contribution is 2.60.